The quantitative estimate of drug-likeness (QED) is 0.927. The molecular weight excluding hydrogens is 270 g/mol. The van der Waals surface area contributed by atoms with E-state index in [-0.39, 0.29) is 6.04 Å². The fourth-order valence-electron chi connectivity index (χ4n) is 2.92. The van der Waals surface area contributed by atoms with Crippen LogP contribution in [-0.4, -0.2) is 43.7 Å². The molecule has 0 radical (unpaired) electrons. The Balaban J connectivity index is 2.26. The molecule has 20 heavy (non-hydrogen) atoms. The average Bonchev–Trinajstić information content (AvgIpc) is 2.40. The van der Waals surface area contributed by atoms with Crippen LogP contribution in [0.3, 0.4) is 0 Å². The second kappa shape index (κ2) is 6.79. The Kier molecular flexibility index (Phi) is 5.30. The maximum absolute atomic E-state index is 6.17. The summed E-state index contributed by atoms with van der Waals surface area (Å²) in [5.41, 5.74) is 8.73. The van der Waals surface area contributed by atoms with Crippen LogP contribution in [0.15, 0.2) is 18.2 Å². The zero-order valence-electron chi connectivity index (χ0n) is 12.8. The van der Waals surface area contributed by atoms with E-state index in [4.69, 9.17) is 17.3 Å². The van der Waals surface area contributed by atoms with Crippen molar-refractivity contribution in [2.45, 2.75) is 38.8 Å². The van der Waals surface area contributed by atoms with Crippen molar-refractivity contribution in [1.29, 1.82) is 0 Å². The van der Waals surface area contributed by atoms with E-state index in [1.807, 2.05) is 6.07 Å². The summed E-state index contributed by atoms with van der Waals surface area (Å²) in [4.78, 5) is 4.88. The van der Waals surface area contributed by atoms with Crippen molar-refractivity contribution in [2.24, 2.45) is 5.73 Å². The predicted molar refractivity (Wildman–Crippen MR) is 87.7 cm³/mol. The van der Waals surface area contributed by atoms with E-state index >= 15 is 0 Å². The lowest BCUT2D eigenvalue weighted by Crippen LogP contribution is -2.50. The zero-order chi connectivity index (χ0) is 14.7. The van der Waals surface area contributed by atoms with Gasteiger partial charge in [-0.05, 0) is 50.6 Å². The highest BCUT2D eigenvalue weighted by Gasteiger charge is 2.23. The van der Waals surface area contributed by atoms with Crippen LogP contribution in [-0.2, 0) is 6.42 Å². The molecule has 2 rings (SSSR count). The molecule has 1 saturated heterocycles. The van der Waals surface area contributed by atoms with Crippen molar-refractivity contribution in [1.82, 2.24) is 4.90 Å². The van der Waals surface area contributed by atoms with Gasteiger partial charge in [0.1, 0.15) is 0 Å². The summed E-state index contributed by atoms with van der Waals surface area (Å²) in [5.74, 6) is 0. The van der Waals surface area contributed by atoms with E-state index in [9.17, 15) is 0 Å². The smallest absolute Gasteiger partial charge is 0.0410 e. The topological polar surface area (TPSA) is 32.5 Å². The Morgan fingerprint density at radius 2 is 2.15 bits per heavy atom. The second-order valence-corrected chi connectivity index (χ2v) is 6.39. The van der Waals surface area contributed by atoms with Gasteiger partial charge in [-0.15, -0.1) is 0 Å². The summed E-state index contributed by atoms with van der Waals surface area (Å²) in [6.45, 7) is 7.68. The van der Waals surface area contributed by atoms with Crippen LogP contribution in [0.2, 0.25) is 5.02 Å². The van der Waals surface area contributed by atoms with E-state index in [1.165, 1.54) is 11.3 Å². The third-order valence-electron chi connectivity index (χ3n) is 4.19. The molecule has 3 nitrogen and oxygen atoms in total. The van der Waals surface area contributed by atoms with E-state index in [0.29, 0.717) is 6.04 Å². The molecule has 1 aromatic rings. The number of anilines is 1. The van der Waals surface area contributed by atoms with Gasteiger partial charge < -0.3 is 15.5 Å². The molecule has 2 atom stereocenters. The number of nitrogens with two attached hydrogens (primary N) is 1. The normalized spacial score (nSPS) is 22.1. The van der Waals surface area contributed by atoms with E-state index in [0.717, 1.165) is 37.5 Å². The lowest BCUT2D eigenvalue weighted by Gasteiger charge is -2.41. The lowest BCUT2D eigenvalue weighted by molar-refractivity contribution is 0.275. The number of likely N-dealkylation sites (N-methyl/N-ethyl adjacent to an activating group) is 1. The molecule has 0 bridgehead atoms. The number of nitrogens with zero attached hydrogens (tertiary/aromatic N) is 2. The number of hydrogen-bond donors (Lipinski definition) is 1. The van der Waals surface area contributed by atoms with E-state index < -0.39 is 0 Å². The second-order valence-electron chi connectivity index (χ2n) is 5.95. The summed E-state index contributed by atoms with van der Waals surface area (Å²) >= 11 is 6.17. The van der Waals surface area contributed by atoms with E-state index in [1.54, 1.807) is 0 Å². The Bertz CT molecular complexity index is 449. The van der Waals surface area contributed by atoms with Crippen molar-refractivity contribution < 1.29 is 0 Å². The molecule has 112 valence electrons. The molecule has 2 N–H and O–H groups in total. The van der Waals surface area contributed by atoms with Gasteiger partial charge in [0.25, 0.3) is 0 Å². The molecule has 1 aliphatic rings. The number of benzene rings is 1. The first-order valence-electron chi connectivity index (χ1n) is 7.50. The molecule has 1 heterocycles. The highest BCUT2D eigenvalue weighted by Crippen LogP contribution is 2.28. The first kappa shape index (κ1) is 15.6. The van der Waals surface area contributed by atoms with Gasteiger partial charge in [0.05, 0.1) is 0 Å². The summed E-state index contributed by atoms with van der Waals surface area (Å²) in [5, 5.41) is 0.800. The summed E-state index contributed by atoms with van der Waals surface area (Å²) in [6.07, 6.45) is 1.88. The summed E-state index contributed by atoms with van der Waals surface area (Å²) < 4.78 is 0. The van der Waals surface area contributed by atoms with Crippen molar-refractivity contribution in [3.63, 3.8) is 0 Å². The largest absolute Gasteiger partial charge is 0.366 e. The van der Waals surface area contributed by atoms with Crippen LogP contribution in [0.1, 0.15) is 25.8 Å². The van der Waals surface area contributed by atoms with Gasteiger partial charge in [-0.1, -0.05) is 18.5 Å². The van der Waals surface area contributed by atoms with Crippen LogP contribution in [0.5, 0.6) is 0 Å². The molecular formula is C16H26ClN3. The first-order valence-corrected chi connectivity index (χ1v) is 7.88. The maximum atomic E-state index is 6.17. The van der Waals surface area contributed by atoms with Gasteiger partial charge in [0.2, 0.25) is 0 Å². The third-order valence-corrected chi connectivity index (χ3v) is 4.42. The SMILES string of the molecule is CCC(N)Cc1cc(Cl)ccc1N1CCN(C)CC1C. The van der Waals surface area contributed by atoms with Crippen molar-refractivity contribution in [3.8, 4) is 0 Å². The Morgan fingerprint density at radius 1 is 1.40 bits per heavy atom. The Hall–Kier alpha value is -0.770. The van der Waals surface area contributed by atoms with E-state index in [2.05, 4.69) is 42.8 Å². The molecule has 1 aliphatic heterocycles. The maximum Gasteiger partial charge on any atom is 0.0410 e. The van der Waals surface area contributed by atoms with Gasteiger partial charge in [0, 0.05) is 42.4 Å². The van der Waals surface area contributed by atoms with Crippen LogP contribution < -0.4 is 10.6 Å². The lowest BCUT2D eigenvalue weighted by atomic mass is 10.0. The van der Waals surface area contributed by atoms with Gasteiger partial charge >= 0.3 is 0 Å². The van der Waals surface area contributed by atoms with Gasteiger partial charge in [-0.3, -0.25) is 0 Å². The highest BCUT2D eigenvalue weighted by atomic mass is 35.5. The van der Waals surface area contributed by atoms with Crippen molar-refractivity contribution in [3.05, 3.63) is 28.8 Å². The summed E-state index contributed by atoms with van der Waals surface area (Å²) in [6, 6.07) is 6.95. The minimum atomic E-state index is 0.204. The fourth-order valence-corrected chi connectivity index (χ4v) is 3.12. The number of hydrogen-bond acceptors (Lipinski definition) is 3. The minimum absolute atomic E-state index is 0.204. The van der Waals surface area contributed by atoms with Gasteiger partial charge in [-0.2, -0.15) is 0 Å². The standard InChI is InChI=1S/C16H26ClN3/c1-4-15(18)10-13-9-14(17)5-6-16(13)20-8-7-19(3)11-12(20)2/h5-6,9,12,15H,4,7-8,10-11,18H2,1-3H3. The van der Waals surface area contributed by atoms with Gasteiger partial charge in [0.15, 0.2) is 0 Å². The first-order chi connectivity index (χ1) is 9.51. The van der Waals surface area contributed by atoms with Crippen molar-refractivity contribution >= 4 is 17.3 Å². The van der Waals surface area contributed by atoms with Crippen LogP contribution >= 0.6 is 11.6 Å². The molecule has 2 unspecified atom stereocenters. The monoisotopic (exact) mass is 295 g/mol. The minimum Gasteiger partial charge on any atom is -0.366 e. The summed E-state index contributed by atoms with van der Waals surface area (Å²) in [7, 11) is 2.18. The molecule has 0 saturated carbocycles. The molecule has 0 aliphatic carbocycles. The molecule has 0 aromatic heterocycles. The molecule has 0 spiro atoms. The fraction of sp³-hybridized carbons (Fsp3) is 0.625. The molecule has 0 amide bonds. The van der Waals surface area contributed by atoms with Crippen LogP contribution in [0.25, 0.3) is 0 Å². The third kappa shape index (κ3) is 3.66. The Labute approximate surface area is 127 Å². The molecule has 1 aromatic carbocycles. The number of rotatable bonds is 4. The van der Waals surface area contributed by atoms with Crippen LogP contribution in [0.4, 0.5) is 5.69 Å². The van der Waals surface area contributed by atoms with Gasteiger partial charge in [-0.25, -0.2) is 0 Å². The van der Waals surface area contributed by atoms with Crippen molar-refractivity contribution in [2.75, 3.05) is 31.6 Å². The van der Waals surface area contributed by atoms with Crippen LogP contribution in [0, 0.1) is 0 Å². The Morgan fingerprint density at radius 3 is 2.80 bits per heavy atom. The average molecular weight is 296 g/mol. The predicted octanol–water partition coefficient (Wildman–Crippen LogP) is 2.76. The number of piperazine rings is 1. The zero-order valence-corrected chi connectivity index (χ0v) is 13.5. The molecule has 4 heteroatoms. The number of halogens is 1. The highest BCUT2D eigenvalue weighted by molar-refractivity contribution is 6.30. The molecule has 1 fully saturated rings.